The second-order valence-electron chi connectivity index (χ2n) is 4.61. The second-order valence-corrected chi connectivity index (χ2v) is 5.05. The smallest absolute Gasteiger partial charge is 0.255 e. The molecule has 3 N–H and O–H groups in total. The summed E-state index contributed by atoms with van der Waals surface area (Å²) < 4.78 is 0. The van der Waals surface area contributed by atoms with Gasteiger partial charge in [-0.2, -0.15) is 0 Å². The number of amides is 1. The van der Waals surface area contributed by atoms with Gasteiger partial charge in [0.05, 0.1) is 5.56 Å². The molecule has 1 amide bonds. The van der Waals surface area contributed by atoms with Gasteiger partial charge in [0.15, 0.2) is 0 Å². The van der Waals surface area contributed by atoms with Gasteiger partial charge < -0.3 is 15.5 Å². The molecule has 98 valence electrons. The number of hydrogen-bond donors (Lipinski definition) is 3. The number of benzene rings is 1. The molecule has 1 fully saturated rings. The molecule has 1 aliphatic carbocycles. The third kappa shape index (κ3) is 2.76. The maximum Gasteiger partial charge on any atom is 0.255 e. The summed E-state index contributed by atoms with van der Waals surface area (Å²) in [5, 5.41) is 22.1. The summed E-state index contributed by atoms with van der Waals surface area (Å²) in [6, 6.07) is 4.39. The van der Waals surface area contributed by atoms with Crippen molar-refractivity contribution in [1.29, 1.82) is 0 Å². The minimum Gasteiger partial charge on any atom is -0.507 e. The molecule has 1 aromatic carbocycles. The molecule has 0 saturated heterocycles. The van der Waals surface area contributed by atoms with Gasteiger partial charge in [0.2, 0.25) is 0 Å². The van der Waals surface area contributed by atoms with Crippen LogP contribution < -0.4 is 5.32 Å². The number of aliphatic hydroxyl groups excluding tert-OH is 1. The van der Waals surface area contributed by atoms with E-state index in [1.165, 1.54) is 12.1 Å². The van der Waals surface area contributed by atoms with Crippen molar-refractivity contribution >= 4 is 17.5 Å². The van der Waals surface area contributed by atoms with Gasteiger partial charge in [-0.25, -0.2) is 0 Å². The summed E-state index contributed by atoms with van der Waals surface area (Å²) >= 11 is 5.71. The zero-order valence-corrected chi connectivity index (χ0v) is 10.7. The number of rotatable bonds is 3. The maximum atomic E-state index is 12.0. The van der Waals surface area contributed by atoms with E-state index in [9.17, 15) is 15.0 Å². The molecule has 2 atom stereocenters. The predicted molar refractivity (Wildman–Crippen MR) is 68.8 cm³/mol. The van der Waals surface area contributed by atoms with Gasteiger partial charge in [-0.15, -0.1) is 0 Å². The van der Waals surface area contributed by atoms with Crippen LogP contribution in [-0.2, 0) is 0 Å². The lowest BCUT2D eigenvalue weighted by Crippen LogP contribution is -2.38. The van der Waals surface area contributed by atoms with Gasteiger partial charge in [-0.3, -0.25) is 4.79 Å². The Labute approximate surface area is 111 Å². The zero-order chi connectivity index (χ0) is 13.1. The SMILES string of the molecule is O=C(NC1CCCC1CO)c1ccc(Cl)cc1O. The molecule has 0 radical (unpaired) electrons. The highest BCUT2D eigenvalue weighted by atomic mass is 35.5. The average molecular weight is 270 g/mol. The van der Waals surface area contributed by atoms with Crippen molar-refractivity contribution in [3.63, 3.8) is 0 Å². The standard InChI is InChI=1S/C13H16ClNO3/c14-9-4-5-10(12(17)6-9)13(18)15-11-3-1-2-8(11)7-16/h4-6,8,11,16-17H,1-3,7H2,(H,15,18). The number of hydrogen-bond acceptors (Lipinski definition) is 3. The molecular weight excluding hydrogens is 254 g/mol. The van der Waals surface area contributed by atoms with Crippen LogP contribution in [0.15, 0.2) is 18.2 Å². The molecule has 18 heavy (non-hydrogen) atoms. The lowest BCUT2D eigenvalue weighted by Gasteiger charge is -2.19. The first-order chi connectivity index (χ1) is 8.61. The number of aliphatic hydroxyl groups is 1. The Morgan fingerprint density at radius 3 is 2.89 bits per heavy atom. The van der Waals surface area contributed by atoms with E-state index in [1.807, 2.05) is 0 Å². The summed E-state index contributed by atoms with van der Waals surface area (Å²) in [4.78, 5) is 12.0. The molecule has 5 heteroatoms. The average Bonchev–Trinajstić information content (AvgIpc) is 2.76. The van der Waals surface area contributed by atoms with Crippen molar-refractivity contribution in [3.05, 3.63) is 28.8 Å². The van der Waals surface area contributed by atoms with E-state index in [0.717, 1.165) is 19.3 Å². The number of phenols is 1. The largest absolute Gasteiger partial charge is 0.507 e. The maximum absolute atomic E-state index is 12.0. The fourth-order valence-corrected chi connectivity index (χ4v) is 2.55. The molecule has 0 spiro atoms. The summed E-state index contributed by atoms with van der Waals surface area (Å²) in [5.41, 5.74) is 0.211. The van der Waals surface area contributed by atoms with Crippen molar-refractivity contribution in [2.45, 2.75) is 25.3 Å². The summed E-state index contributed by atoms with van der Waals surface area (Å²) in [5.74, 6) is -0.337. The van der Waals surface area contributed by atoms with Gasteiger partial charge in [0.1, 0.15) is 5.75 Å². The van der Waals surface area contributed by atoms with E-state index in [-0.39, 0.29) is 35.8 Å². The first-order valence-corrected chi connectivity index (χ1v) is 6.40. The van der Waals surface area contributed by atoms with Crippen molar-refractivity contribution in [1.82, 2.24) is 5.32 Å². The minimum absolute atomic E-state index is 0.0161. The van der Waals surface area contributed by atoms with Gasteiger partial charge in [0, 0.05) is 23.6 Å². The van der Waals surface area contributed by atoms with Crippen LogP contribution in [0.25, 0.3) is 0 Å². The monoisotopic (exact) mass is 269 g/mol. The summed E-state index contributed by atoms with van der Waals surface area (Å²) in [6.45, 7) is 0.0809. The van der Waals surface area contributed by atoms with Crippen molar-refractivity contribution in [3.8, 4) is 5.75 Å². The number of carbonyl (C=O) groups excluding carboxylic acids is 1. The van der Waals surface area contributed by atoms with Crippen molar-refractivity contribution < 1.29 is 15.0 Å². The van der Waals surface area contributed by atoms with E-state index in [0.29, 0.717) is 5.02 Å². The minimum atomic E-state index is -0.325. The van der Waals surface area contributed by atoms with Crippen LogP contribution in [0.5, 0.6) is 5.75 Å². The topological polar surface area (TPSA) is 69.6 Å². The predicted octanol–water partition coefficient (Wildman–Crippen LogP) is 1.94. The van der Waals surface area contributed by atoms with Gasteiger partial charge in [0.25, 0.3) is 5.91 Å². The van der Waals surface area contributed by atoms with Crippen LogP contribution in [0.3, 0.4) is 0 Å². The Morgan fingerprint density at radius 1 is 1.44 bits per heavy atom. The normalized spacial score (nSPS) is 23.0. The Bertz CT molecular complexity index is 450. The Morgan fingerprint density at radius 2 is 2.22 bits per heavy atom. The van der Waals surface area contributed by atoms with E-state index in [4.69, 9.17) is 11.6 Å². The number of nitrogens with one attached hydrogen (secondary N) is 1. The van der Waals surface area contributed by atoms with Gasteiger partial charge in [-0.05, 0) is 31.0 Å². The highest BCUT2D eigenvalue weighted by molar-refractivity contribution is 6.30. The summed E-state index contributed by atoms with van der Waals surface area (Å²) in [7, 11) is 0. The van der Waals surface area contributed by atoms with Gasteiger partial charge in [-0.1, -0.05) is 18.0 Å². The Kier molecular flexibility index (Phi) is 4.09. The van der Waals surface area contributed by atoms with E-state index >= 15 is 0 Å². The molecule has 2 unspecified atom stereocenters. The lowest BCUT2D eigenvalue weighted by molar-refractivity contribution is 0.0913. The highest BCUT2D eigenvalue weighted by Gasteiger charge is 2.28. The van der Waals surface area contributed by atoms with E-state index in [1.54, 1.807) is 6.07 Å². The second kappa shape index (κ2) is 5.59. The zero-order valence-electron chi connectivity index (χ0n) is 9.90. The van der Waals surface area contributed by atoms with Gasteiger partial charge >= 0.3 is 0 Å². The number of halogens is 1. The quantitative estimate of drug-likeness (QED) is 0.785. The number of aromatic hydroxyl groups is 1. The molecule has 4 nitrogen and oxygen atoms in total. The van der Waals surface area contributed by atoms with Crippen LogP contribution in [0.4, 0.5) is 0 Å². The number of carbonyl (C=O) groups is 1. The number of phenolic OH excluding ortho intramolecular Hbond substituents is 1. The first-order valence-electron chi connectivity index (χ1n) is 6.02. The highest BCUT2D eigenvalue weighted by Crippen LogP contribution is 2.27. The third-order valence-corrected chi connectivity index (χ3v) is 3.65. The molecular formula is C13H16ClNO3. The molecule has 1 aromatic rings. The molecule has 0 heterocycles. The molecule has 0 aliphatic heterocycles. The van der Waals surface area contributed by atoms with Crippen molar-refractivity contribution in [2.75, 3.05) is 6.61 Å². The van der Waals surface area contributed by atoms with Crippen LogP contribution in [0.2, 0.25) is 5.02 Å². The van der Waals surface area contributed by atoms with Crippen LogP contribution in [-0.4, -0.2) is 28.8 Å². The third-order valence-electron chi connectivity index (χ3n) is 3.41. The van der Waals surface area contributed by atoms with Crippen LogP contribution in [0, 0.1) is 5.92 Å². The van der Waals surface area contributed by atoms with Crippen LogP contribution >= 0.6 is 11.6 Å². The Hall–Kier alpha value is -1.26. The van der Waals surface area contributed by atoms with E-state index in [2.05, 4.69) is 5.32 Å². The Balaban J connectivity index is 2.07. The van der Waals surface area contributed by atoms with Crippen molar-refractivity contribution in [2.24, 2.45) is 5.92 Å². The first kappa shape index (κ1) is 13.2. The molecule has 0 aromatic heterocycles. The lowest BCUT2D eigenvalue weighted by atomic mass is 10.0. The fourth-order valence-electron chi connectivity index (χ4n) is 2.39. The molecule has 2 rings (SSSR count). The molecule has 1 aliphatic rings. The van der Waals surface area contributed by atoms with Crippen LogP contribution in [0.1, 0.15) is 29.6 Å². The fraction of sp³-hybridized carbons (Fsp3) is 0.462. The van der Waals surface area contributed by atoms with E-state index < -0.39 is 0 Å². The summed E-state index contributed by atoms with van der Waals surface area (Å²) in [6.07, 6.45) is 2.79. The molecule has 1 saturated carbocycles. The molecule has 0 bridgehead atoms.